The van der Waals surface area contributed by atoms with Crippen LogP contribution in [0.15, 0.2) is 22.9 Å². The van der Waals surface area contributed by atoms with Crippen LogP contribution in [0.1, 0.15) is 23.3 Å². The number of hydrogen-bond donors (Lipinski definition) is 1. The molecule has 0 aromatic carbocycles. The Balaban J connectivity index is 2.14. The number of nitrogen functional groups attached to an aromatic ring is 1. The number of Topliss-reactive ketones (excluding diaryl/α,β-unsaturated/α-hetero) is 1. The van der Waals surface area contributed by atoms with Crippen molar-refractivity contribution in [2.45, 2.75) is 13.5 Å². The van der Waals surface area contributed by atoms with Crippen molar-refractivity contribution in [1.29, 1.82) is 0 Å². The van der Waals surface area contributed by atoms with Crippen LogP contribution in [-0.2, 0) is 6.54 Å². The number of rotatable bonds is 3. The van der Waals surface area contributed by atoms with Gasteiger partial charge in [0.15, 0.2) is 5.78 Å². The third kappa shape index (κ3) is 2.04. The van der Waals surface area contributed by atoms with Crippen molar-refractivity contribution in [3.8, 4) is 0 Å². The lowest BCUT2D eigenvalue weighted by Crippen LogP contribution is -2.02. The lowest BCUT2D eigenvalue weighted by Gasteiger charge is -1.94. The maximum absolute atomic E-state index is 11.0. The Morgan fingerprint density at radius 3 is 3.00 bits per heavy atom. The first-order valence-corrected chi connectivity index (χ1v) is 4.39. The maximum Gasteiger partial charge on any atom is 0.216 e. The number of anilines is 1. The molecule has 0 atom stereocenters. The van der Waals surface area contributed by atoms with Gasteiger partial charge < -0.3 is 10.2 Å². The largest absolute Gasteiger partial charge is 0.446 e. The van der Waals surface area contributed by atoms with Gasteiger partial charge in [-0.2, -0.15) is 5.10 Å². The summed E-state index contributed by atoms with van der Waals surface area (Å²) in [6, 6.07) is 1.68. The summed E-state index contributed by atoms with van der Waals surface area (Å²) in [5, 5.41) is 3.97. The van der Waals surface area contributed by atoms with Crippen LogP contribution in [0, 0.1) is 0 Å². The van der Waals surface area contributed by atoms with Crippen molar-refractivity contribution >= 4 is 11.6 Å². The van der Waals surface area contributed by atoms with E-state index >= 15 is 0 Å². The van der Waals surface area contributed by atoms with Gasteiger partial charge in [-0.15, -0.1) is 0 Å². The minimum absolute atomic E-state index is 0.120. The van der Waals surface area contributed by atoms with Gasteiger partial charge in [-0.1, -0.05) is 0 Å². The highest BCUT2D eigenvalue weighted by atomic mass is 16.3. The van der Waals surface area contributed by atoms with Gasteiger partial charge in [0.25, 0.3) is 0 Å². The molecule has 15 heavy (non-hydrogen) atoms. The lowest BCUT2D eigenvalue weighted by molar-refractivity contribution is 0.101. The van der Waals surface area contributed by atoms with E-state index in [1.165, 1.54) is 13.2 Å². The van der Waals surface area contributed by atoms with Crippen molar-refractivity contribution in [2.24, 2.45) is 0 Å². The number of oxazole rings is 1. The molecule has 0 saturated carbocycles. The van der Waals surface area contributed by atoms with Gasteiger partial charge in [-0.05, 0) is 6.07 Å². The van der Waals surface area contributed by atoms with Gasteiger partial charge in [0, 0.05) is 13.1 Å². The Hall–Kier alpha value is -2.11. The summed E-state index contributed by atoms with van der Waals surface area (Å²) in [4.78, 5) is 14.9. The summed E-state index contributed by atoms with van der Waals surface area (Å²) in [5.74, 6) is 0.752. The smallest absolute Gasteiger partial charge is 0.216 e. The van der Waals surface area contributed by atoms with Gasteiger partial charge in [-0.3, -0.25) is 9.48 Å². The second-order valence-electron chi connectivity index (χ2n) is 3.12. The summed E-state index contributed by atoms with van der Waals surface area (Å²) in [6.45, 7) is 1.80. The predicted octanol–water partition coefficient (Wildman–Crippen LogP) is 0.704. The molecular weight excluding hydrogens is 196 g/mol. The Morgan fingerprint density at radius 2 is 2.47 bits per heavy atom. The highest BCUT2D eigenvalue weighted by Crippen LogP contribution is 2.05. The quantitative estimate of drug-likeness (QED) is 0.747. The minimum Gasteiger partial charge on any atom is -0.446 e. The Bertz CT molecular complexity index is 486. The second-order valence-corrected chi connectivity index (χ2v) is 3.12. The Labute approximate surface area is 85.7 Å². The van der Waals surface area contributed by atoms with Gasteiger partial charge >= 0.3 is 0 Å². The van der Waals surface area contributed by atoms with Gasteiger partial charge in [0.1, 0.15) is 24.3 Å². The van der Waals surface area contributed by atoms with Crippen LogP contribution in [-0.4, -0.2) is 20.5 Å². The molecule has 2 heterocycles. The average Bonchev–Trinajstić information content (AvgIpc) is 2.76. The fourth-order valence-electron chi connectivity index (χ4n) is 1.15. The van der Waals surface area contributed by atoms with E-state index in [2.05, 4.69) is 10.1 Å². The van der Waals surface area contributed by atoms with Crippen LogP contribution < -0.4 is 5.73 Å². The Morgan fingerprint density at radius 1 is 1.67 bits per heavy atom. The first-order chi connectivity index (χ1) is 7.15. The monoisotopic (exact) mass is 206 g/mol. The molecule has 0 aliphatic rings. The van der Waals surface area contributed by atoms with E-state index in [-0.39, 0.29) is 5.78 Å². The second kappa shape index (κ2) is 3.56. The zero-order chi connectivity index (χ0) is 10.8. The molecule has 0 radical (unpaired) electrons. The van der Waals surface area contributed by atoms with E-state index in [1.54, 1.807) is 16.9 Å². The molecule has 0 spiro atoms. The number of nitrogens with zero attached hydrogens (tertiary/aromatic N) is 3. The number of hydrogen-bond acceptors (Lipinski definition) is 5. The summed E-state index contributed by atoms with van der Waals surface area (Å²) in [5.41, 5.74) is 5.77. The first-order valence-electron chi connectivity index (χ1n) is 4.39. The van der Waals surface area contributed by atoms with E-state index in [4.69, 9.17) is 10.2 Å². The molecule has 0 fully saturated rings. The summed E-state index contributed by atoms with van der Waals surface area (Å²) in [6.07, 6.45) is 3.05. The molecule has 78 valence electrons. The average molecular weight is 206 g/mol. The molecule has 0 aliphatic heterocycles. The van der Waals surface area contributed by atoms with E-state index in [0.717, 1.165) is 0 Å². The van der Waals surface area contributed by atoms with Crippen LogP contribution in [0.25, 0.3) is 0 Å². The van der Waals surface area contributed by atoms with E-state index in [9.17, 15) is 4.79 Å². The molecule has 6 nitrogen and oxygen atoms in total. The SMILES string of the molecule is CC(=O)c1coc(Cn2ccc(N)n2)n1. The molecule has 0 aliphatic carbocycles. The zero-order valence-electron chi connectivity index (χ0n) is 8.17. The normalized spacial score (nSPS) is 10.5. The molecule has 2 rings (SSSR count). The summed E-state index contributed by atoms with van der Waals surface area (Å²) >= 11 is 0. The molecule has 2 N–H and O–H groups in total. The van der Waals surface area contributed by atoms with Crippen LogP contribution in [0.3, 0.4) is 0 Å². The molecule has 0 unspecified atom stereocenters. The van der Waals surface area contributed by atoms with Crippen molar-refractivity contribution in [3.05, 3.63) is 30.1 Å². The number of carbonyl (C=O) groups is 1. The maximum atomic E-state index is 11.0. The molecule has 0 amide bonds. The van der Waals surface area contributed by atoms with Crippen LogP contribution in [0.4, 0.5) is 5.82 Å². The van der Waals surface area contributed by atoms with Crippen LogP contribution >= 0.6 is 0 Å². The molecular formula is C9H10N4O2. The molecule has 0 bridgehead atoms. The van der Waals surface area contributed by atoms with E-state index in [1.807, 2.05) is 0 Å². The fourth-order valence-corrected chi connectivity index (χ4v) is 1.15. The van der Waals surface area contributed by atoms with Crippen LogP contribution in [0.5, 0.6) is 0 Å². The molecule has 6 heteroatoms. The highest BCUT2D eigenvalue weighted by molar-refractivity contribution is 5.91. The number of nitrogens with two attached hydrogens (primary N) is 1. The van der Waals surface area contributed by atoms with E-state index in [0.29, 0.717) is 23.9 Å². The summed E-state index contributed by atoms with van der Waals surface area (Å²) < 4.78 is 6.69. The predicted molar refractivity (Wildman–Crippen MR) is 52.2 cm³/mol. The Kier molecular flexibility index (Phi) is 2.24. The fraction of sp³-hybridized carbons (Fsp3) is 0.222. The third-order valence-corrected chi connectivity index (χ3v) is 1.87. The highest BCUT2D eigenvalue weighted by Gasteiger charge is 2.08. The van der Waals surface area contributed by atoms with E-state index < -0.39 is 0 Å². The number of ketones is 1. The van der Waals surface area contributed by atoms with Crippen molar-refractivity contribution < 1.29 is 9.21 Å². The van der Waals surface area contributed by atoms with Crippen molar-refractivity contribution in [3.63, 3.8) is 0 Å². The van der Waals surface area contributed by atoms with Gasteiger partial charge in [0.2, 0.25) is 5.89 Å². The van der Waals surface area contributed by atoms with Gasteiger partial charge in [0.05, 0.1) is 0 Å². The third-order valence-electron chi connectivity index (χ3n) is 1.87. The summed E-state index contributed by atoms with van der Waals surface area (Å²) in [7, 11) is 0. The topological polar surface area (TPSA) is 86.9 Å². The minimum atomic E-state index is -0.120. The van der Waals surface area contributed by atoms with Crippen molar-refractivity contribution in [2.75, 3.05) is 5.73 Å². The zero-order valence-corrected chi connectivity index (χ0v) is 8.17. The number of carbonyl (C=O) groups excluding carboxylic acids is 1. The first kappa shape index (κ1) is 9.45. The number of aromatic nitrogens is 3. The molecule has 2 aromatic heterocycles. The van der Waals surface area contributed by atoms with Crippen molar-refractivity contribution in [1.82, 2.24) is 14.8 Å². The standard InChI is InChI=1S/C9H10N4O2/c1-6(14)7-5-15-9(11-7)4-13-3-2-8(10)12-13/h2-3,5H,4H2,1H3,(H2,10,12). The lowest BCUT2D eigenvalue weighted by atomic mass is 10.3. The molecule has 2 aromatic rings. The molecule has 0 saturated heterocycles. The van der Waals surface area contributed by atoms with Gasteiger partial charge in [-0.25, -0.2) is 4.98 Å². The van der Waals surface area contributed by atoms with Crippen LogP contribution in [0.2, 0.25) is 0 Å².